The molecule has 14 heteroatoms. The van der Waals surface area contributed by atoms with Gasteiger partial charge >= 0.3 is 6.09 Å². The van der Waals surface area contributed by atoms with E-state index in [9.17, 15) is 27.6 Å². The van der Waals surface area contributed by atoms with Crippen LogP contribution in [0.4, 0.5) is 4.79 Å². The van der Waals surface area contributed by atoms with Gasteiger partial charge in [0.15, 0.2) is 0 Å². The molecule has 0 spiro atoms. The Balaban J connectivity index is 1.13. The van der Waals surface area contributed by atoms with Gasteiger partial charge in [0.2, 0.25) is 21.8 Å². The van der Waals surface area contributed by atoms with Crippen LogP contribution in [-0.4, -0.2) is 85.0 Å². The summed E-state index contributed by atoms with van der Waals surface area (Å²) in [5, 5.41) is 11.3. The Kier molecular flexibility index (Phi) is 10.5. The van der Waals surface area contributed by atoms with Crippen molar-refractivity contribution in [1.29, 1.82) is 0 Å². The molecule has 1 unspecified atom stereocenters. The number of nitrogens with one attached hydrogen (secondary N) is 3. The van der Waals surface area contributed by atoms with Crippen molar-refractivity contribution in [3.05, 3.63) is 60.2 Å². The summed E-state index contributed by atoms with van der Waals surface area (Å²) < 4.78 is 33.4. The summed E-state index contributed by atoms with van der Waals surface area (Å²) in [7, 11) is -3.87. The van der Waals surface area contributed by atoms with Crippen LogP contribution in [0.5, 0.6) is 0 Å². The first-order valence-electron chi connectivity index (χ1n) is 18.6. The second-order valence-electron chi connectivity index (χ2n) is 14.8. The molecule has 2 heterocycles. The molecule has 4 fully saturated rings. The zero-order valence-corrected chi connectivity index (χ0v) is 30.0. The average molecular weight is 734 g/mol. The largest absolute Gasteiger partial charge is 0.446 e. The average Bonchev–Trinajstić information content (AvgIpc) is 4.00. The SMILES string of the molecule is O=C(N[C@H]1CCCCC/C=C\[C@@H]2CC2(C(=O)NS(=O)(=O)C2CC2)NC(=O)[C@@H]2C[C@@H](O/N=C/c3cccc4ccccc34)CN2C1=O)OC1CCCC1. The summed E-state index contributed by atoms with van der Waals surface area (Å²) in [4.78, 5) is 62.6. The number of benzene rings is 2. The fourth-order valence-corrected chi connectivity index (χ4v) is 9.07. The first kappa shape index (κ1) is 35.9. The molecule has 52 heavy (non-hydrogen) atoms. The number of oxime groups is 1. The van der Waals surface area contributed by atoms with Crippen LogP contribution in [0, 0.1) is 5.92 Å². The molecular weight excluding hydrogens is 687 g/mol. The molecule has 2 aromatic carbocycles. The Hall–Kier alpha value is -4.46. The number of carbonyl (C=O) groups is 4. The fraction of sp³-hybridized carbons (Fsp3) is 0.553. The first-order chi connectivity index (χ1) is 25.1. The van der Waals surface area contributed by atoms with Gasteiger partial charge in [0.25, 0.3) is 5.91 Å². The maximum Gasteiger partial charge on any atom is 0.408 e. The third kappa shape index (κ3) is 8.11. The van der Waals surface area contributed by atoms with Crippen molar-refractivity contribution in [3.63, 3.8) is 0 Å². The van der Waals surface area contributed by atoms with E-state index in [0.29, 0.717) is 32.1 Å². The highest BCUT2D eigenvalue weighted by Crippen LogP contribution is 2.46. The second kappa shape index (κ2) is 15.3. The highest BCUT2D eigenvalue weighted by atomic mass is 32.2. The minimum absolute atomic E-state index is 0.0121. The van der Waals surface area contributed by atoms with Gasteiger partial charge in [0, 0.05) is 17.9 Å². The summed E-state index contributed by atoms with van der Waals surface area (Å²) in [6, 6.07) is 11.7. The van der Waals surface area contributed by atoms with E-state index in [0.717, 1.165) is 54.9 Å². The Morgan fingerprint density at radius 3 is 2.52 bits per heavy atom. The van der Waals surface area contributed by atoms with Crippen LogP contribution < -0.4 is 15.4 Å². The van der Waals surface area contributed by atoms with E-state index in [4.69, 9.17) is 9.57 Å². The summed E-state index contributed by atoms with van der Waals surface area (Å²) in [5.74, 6) is -2.24. The molecule has 5 aliphatic rings. The highest BCUT2D eigenvalue weighted by Gasteiger charge is 2.62. The molecule has 13 nitrogen and oxygen atoms in total. The zero-order valence-electron chi connectivity index (χ0n) is 29.2. The lowest BCUT2D eigenvalue weighted by Crippen LogP contribution is -2.58. The number of ether oxygens (including phenoxy) is 1. The summed E-state index contributed by atoms with van der Waals surface area (Å²) in [6.07, 6.45) is 12.0. The van der Waals surface area contributed by atoms with E-state index in [2.05, 4.69) is 20.5 Å². The Bertz CT molecular complexity index is 1850. The Morgan fingerprint density at radius 2 is 1.71 bits per heavy atom. The number of alkyl carbamates (subject to hydrolysis) is 1. The lowest BCUT2D eigenvalue weighted by atomic mass is 10.0. The highest BCUT2D eigenvalue weighted by molar-refractivity contribution is 7.91. The molecule has 5 atom stereocenters. The maximum atomic E-state index is 14.4. The first-order valence-corrected chi connectivity index (χ1v) is 20.2. The molecule has 7 rings (SSSR count). The topological polar surface area (TPSA) is 173 Å². The van der Waals surface area contributed by atoms with Crippen molar-refractivity contribution < 1.29 is 37.2 Å². The normalized spacial score (nSPS) is 29.3. The lowest BCUT2D eigenvalue weighted by Gasteiger charge is -2.30. The summed E-state index contributed by atoms with van der Waals surface area (Å²) >= 11 is 0. The van der Waals surface area contributed by atoms with Crippen LogP contribution in [0.1, 0.15) is 89.0 Å². The number of carbonyl (C=O) groups excluding carboxylic acids is 4. The number of allylic oxidation sites excluding steroid dienone is 1. The van der Waals surface area contributed by atoms with Gasteiger partial charge in [-0.1, -0.05) is 72.6 Å². The minimum atomic E-state index is -3.87. The maximum absolute atomic E-state index is 14.4. The van der Waals surface area contributed by atoms with Gasteiger partial charge in [-0.15, -0.1) is 0 Å². The van der Waals surface area contributed by atoms with Crippen LogP contribution in [0.2, 0.25) is 0 Å². The molecule has 0 aromatic heterocycles. The van der Waals surface area contributed by atoms with Crippen LogP contribution in [-0.2, 0) is 34.0 Å². The number of fused-ring (bicyclic) bond motifs is 3. The van der Waals surface area contributed by atoms with E-state index >= 15 is 0 Å². The second-order valence-corrected chi connectivity index (χ2v) is 16.8. The molecule has 2 aliphatic heterocycles. The van der Waals surface area contributed by atoms with Crippen molar-refractivity contribution in [2.24, 2.45) is 11.1 Å². The molecule has 3 aliphatic carbocycles. The summed E-state index contributed by atoms with van der Waals surface area (Å²) in [5.41, 5.74) is -0.634. The van der Waals surface area contributed by atoms with Gasteiger partial charge in [-0.05, 0) is 75.0 Å². The van der Waals surface area contributed by atoms with Crippen LogP contribution in [0.25, 0.3) is 10.8 Å². The third-order valence-electron chi connectivity index (χ3n) is 10.9. The van der Waals surface area contributed by atoms with Gasteiger partial charge in [-0.3, -0.25) is 19.1 Å². The number of amides is 4. The molecular formula is C38H47N5O8S. The molecule has 0 bridgehead atoms. The van der Waals surface area contributed by atoms with Crippen molar-refractivity contribution >= 4 is 50.8 Å². The van der Waals surface area contributed by atoms with Crippen LogP contribution in [0.15, 0.2) is 59.8 Å². The van der Waals surface area contributed by atoms with Gasteiger partial charge < -0.3 is 25.1 Å². The van der Waals surface area contributed by atoms with Gasteiger partial charge in [-0.25, -0.2) is 13.2 Å². The zero-order chi connectivity index (χ0) is 36.3. The third-order valence-corrected chi connectivity index (χ3v) is 12.8. The standard InChI is InChI=1S/C38H47N5O8S/c44-34-33-21-29(51-39-23-26-13-10-12-25-11-6-9-17-31(25)26)24-43(33)35(45)32(40-37(47)50-28-15-7-8-16-28)18-5-3-1-2-4-14-27-22-38(27,41-34)36(46)42-52(48,49)30-19-20-30/h4,6,9-14,17,23,27-30,32-33H,1-3,5,7-8,15-16,18-22,24H2,(H,40,47)(H,41,44)(H,42,46)/b14-4-,39-23+/t27-,29-,32+,33+,38?/m1/s1. The van der Waals surface area contributed by atoms with Crippen LogP contribution >= 0.6 is 0 Å². The van der Waals surface area contributed by atoms with E-state index in [-0.39, 0.29) is 25.5 Å². The molecule has 3 N–H and O–H groups in total. The summed E-state index contributed by atoms with van der Waals surface area (Å²) in [6.45, 7) is 0.0121. The Morgan fingerprint density at radius 1 is 0.942 bits per heavy atom. The number of rotatable bonds is 8. The number of hydrogen-bond acceptors (Lipinski definition) is 9. The van der Waals surface area contributed by atoms with E-state index in [1.807, 2.05) is 54.6 Å². The predicted molar refractivity (Wildman–Crippen MR) is 193 cm³/mol. The van der Waals surface area contributed by atoms with Crippen molar-refractivity contribution in [1.82, 2.24) is 20.3 Å². The minimum Gasteiger partial charge on any atom is -0.446 e. The van der Waals surface area contributed by atoms with E-state index in [1.54, 1.807) is 6.21 Å². The smallest absolute Gasteiger partial charge is 0.408 e. The predicted octanol–water partition coefficient (Wildman–Crippen LogP) is 4.20. The molecule has 1 saturated heterocycles. The quantitative estimate of drug-likeness (QED) is 0.206. The van der Waals surface area contributed by atoms with Crippen molar-refractivity contribution in [3.8, 4) is 0 Å². The molecule has 3 saturated carbocycles. The molecule has 4 amide bonds. The van der Waals surface area contributed by atoms with E-state index < -0.39 is 68.7 Å². The van der Waals surface area contributed by atoms with Crippen molar-refractivity contribution in [2.75, 3.05) is 6.54 Å². The number of sulfonamides is 1. The fourth-order valence-electron chi connectivity index (χ4n) is 7.71. The Labute approximate surface area is 304 Å². The van der Waals surface area contributed by atoms with Crippen LogP contribution in [0.3, 0.4) is 0 Å². The molecule has 2 aromatic rings. The van der Waals surface area contributed by atoms with E-state index in [1.165, 1.54) is 4.90 Å². The monoisotopic (exact) mass is 733 g/mol. The number of nitrogens with zero attached hydrogens (tertiary/aromatic N) is 2. The van der Waals surface area contributed by atoms with Gasteiger partial charge in [0.05, 0.1) is 18.0 Å². The molecule has 278 valence electrons. The van der Waals surface area contributed by atoms with Crippen molar-refractivity contribution in [2.45, 2.75) is 119 Å². The lowest BCUT2D eigenvalue weighted by molar-refractivity contribution is -0.141. The van der Waals surface area contributed by atoms with Gasteiger partial charge in [0.1, 0.15) is 29.8 Å². The molecule has 0 radical (unpaired) electrons. The van der Waals surface area contributed by atoms with Gasteiger partial charge in [-0.2, -0.15) is 0 Å². The number of hydrogen-bond donors (Lipinski definition) is 3.